The molecule has 0 spiro atoms. The Labute approximate surface area is 88.6 Å². The third-order valence-corrected chi connectivity index (χ3v) is 2.54. The predicted molar refractivity (Wildman–Crippen MR) is 61.7 cm³/mol. The van der Waals surface area contributed by atoms with Crippen molar-refractivity contribution in [2.45, 2.75) is 19.8 Å². The zero-order valence-corrected chi connectivity index (χ0v) is 8.83. The quantitative estimate of drug-likeness (QED) is 0.756. The van der Waals surface area contributed by atoms with E-state index in [0.29, 0.717) is 12.2 Å². The summed E-state index contributed by atoms with van der Waals surface area (Å²) in [6.45, 7) is 2.52. The summed E-state index contributed by atoms with van der Waals surface area (Å²) in [7, 11) is 0. The van der Waals surface area contributed by atoms with Crippen LogP contribution in [0.4, 0.5) is 10.2 Å². The second kappa shape index (κ2) is 4.34. The Hall–Kier alpha value is -1.51. The number of aromatic amines is 1. The normalized spacial score (nSPS) is 10.8. The van der Waals surface area contributed by atoms with Crippen LogP contribution in [-0.2, 0) is 0 Å². The molecule has 80 valence electrons. The average Bonchev–Trinajstić information content (AvgIpc) is 2.69. The minimum absolute atomic E-state index is 0.457. The Morgan fingerprint density at radius 1 is 1.33 bits per heavy atom. The molecule has 3 heteroatoms. The molecular formula is C12H15FN2. The van der Waals surface area contributed by atoms with Crippen molar-refractivity contribution >= 4 is 16.6 Å². The van der Waals surface area contributed by atoms with Crippen molar-refractivity contribution in [3.63, 3.8) is 0 Å². The Balaban J connectivity index is 2.27. The van der Waals surface area contributed by atoms with Crippen molar-refractivity contribution in [1.29, 1.82) is 0 Å². The SMILES string of the molecule is CCCCN(F)c1c[nH]c2ccccc12. The first-order chi connectivity index (χ1) is 7.33. The molecule has 0 saturated carbocycles. The number of H-pyrrole nitrogens is 1. The first kappa shape index (κ1) is 10.0. The molecule has 0 radical (unpaired) electrons. The smallest absolute Gasteiger partial charge is 0.0940 e. The Kier molecular flexibility index (Phi) is 2.90. The minimum Gasteiger partial charge on any atom is -0.359 e. The van der Waals surface area contributed by atoms with E-state index in [-0.39, 0.29) is 0 Å². The fraction of sp³-hybridized carbons (Fsp3) is 0.333. The van der Waals surface area contributed by atoms with E-state index < -0.39 is 0 Å². The van der Waals surface area contributed by atoms with Crippen LogP contribution < -0.4 is 5.12 Å². The third kappa shape index (κ3) is 1.96. The third-order valence-electron chi connectivity index (χ3n) is 2.54. The zero-order valence-electron chi connectivity index (χ0n) is 8.83. The van der Waals surface area contributed by atoms with Gasteiger partial charge in [-0.3, -0.25) is 0 Å². The molecule has 1 N–H and O–H groups in total. The summed E-state index contributed by atoms with van der Waals surface area (Å²) in [6, 6.07) is 7.75. The van der Waals surface area contributed by atoms with Gasteiger partial charge in [0.1, 0.15) is 0 Å². The van der Waals surface area contributed by atoms with Crippen molar-refractivity contribution in [2.24, 2.45) is 0 Å². The molecule has 15 heavy (non-hydrogen) atoms. The molecule has 2 aromatic rings. The highest BCUT2D eigenvalue weighted by Crippen LogP contribution is 2.26. The molecule has 0 saturated heterocycles. The van der Waals surface area contributed by atoms with Crippen molar-refractivity contribution in [2.75, 3.05) is 11.7 Å². The molecule has 0 aliphatic rings. The Bertz CT molecular complexity index is 436. The molecular weight excluding hydrogens is 191 g/mol. The molecule has 0 aliphatic carbocycles. The predicted octanol–water partition coefficient (Wildman–Crippen LogP) is 3.66. The first-order valence-electron chi connectivity index (χ1n) is 5.32. The number of anilines is 1. The number of rotatable bonds is 4. The lowest BCUT2D eigenvalue weighted by Gasteiger charge is -2.11. The van der Waals surface area contributed by atoms with Gasteiger partial charge in [-0.2, -0.15) is 0 Å². The fourth-order valence-electron chi connectivity index (χ4n) is 1.67. The Morgan fingerprint density at radius 3 is 2.93 bits per heavy atom. The number of hydrogen-bond acceptors (Lipinski definition) is 1. The standard InChI is InChI=1S/C12H15FN2/c1-2-3-8-15(13)12-9-14-11-7-5-4-6-10(11)12/h4-7,9,14H,2-3,8H2,1H3. The number of nitrogens with one attached hydrogen (secondary N) is 1. The van der Waals surface area contributed by atoms with Crippen LogP contribution in [0.15, 0.2) is 30.5 Å². The van der Waals surface area contributed by atoms with Crippen LogP contribution in [0.5, 0.6) is 0 Å². The van der Waals surface area contributed by atoms with Gasteiger partial charge in [-0.05, 0) is 12.5 Å². The first-order valence-corrected chi connectivity index (χ1v) is 5.32. The topological polar surface area (TPSA) is 19.0 Å². The molecule has 1 heterocycles. The molecule has 0 aliphatic heterocycles. The van der Waals surface area contributed by atoms with Crippen molar-refractivity contribution < 1.29 is 4.48 Å². The monoisotopic (exact) mass is 206 g/mol. The minimum atomic E-state index is 0.457. The van der Waals surface area contributed by atoms with Crippen LogP contribution in [0.2, 0.25) is 0 Å². The van der Waals surface area contributed by atoms with E-state index >= 15 is 0 Å². The summed E-state index contributed by atoms with van der Waals surface area (Å²) >= 11 is 0. The van der Waals surface area contributed by atoms with Gasteiger partial charge in [0, 0.05) is 17.1 Å². The summed E-state index contributed by atoms with van der Waals surface area (Å²) in [6.07, 6.45) is 3.60. The van der Waals surface area contributed by atoms with Gasteiger partial charge in [0.15, 0.2) is 0 Å². The van der Waals surface area contributed by atoms with E-state index in [9.17, 15) is 4.48 Å². The lowest BCUT2D eigenvalue weighted by Crippen LogP contribution is -2.12. The molecule has 1 aromatic carbocycles. The molecule has 0 amide bonds. The van der Waals surface area contributed by atoms with Gasteiger partial charge in [-0.15, -0.1) is 0 Å². The summed E-state index contributed by atoms with van der Waals surface area (Å²) < 4.78 is 13.7. The van der Waals surface area contributed by atoms with Crippen LogP contribution in [0, 0.1) is 0 Å². The summed E-state index contributed by atoms with van der Waals surface area (Å²) in [4.78, 5) is 3.06. The Morgan fingerprint density at radius 2 is 2.13 bits per heavy atom. The summed E-state index contributed by atoms with van der Waals surface area (Å²) in [5.41, 5.74) is 1.62. The van der Waals surface area contributed by atoms with Gasteiger partial charge in [-0.1, -0.05) is 36.0 Å². The van der Waals surface area contributed by atoms with E-state index in [1.165, 1.54) is 0 Å². The fourth-order valence-corrected chi connectivity index (χ4v) is 1.67. The van der Waals surface area contributed by atoms with Crippen LogP contribution in [0.1, 0.15) is 19.8 Å². The van der Waals surface area contributed by atoms with Crippen molar-refractivity contribution in [3.8, 4) is 0 Å². The lowest BCUT2D eigenvalue weighted by molar-refractivity contribution is 0.428. The van der Waals surface area contributed by atoms with Crippen molar-refractivity contribution in [1.82, 2.24) is 4.98 Å². The van der Waals surface area contributed by atoms with E-state index in [4.69, 9.17) is 0 Å². The molecule has 0 fully saturated rings. The number of nitrogens with zero attached hydrogens (tertiary/aromatic N) is 1. The maximum Gasteiger partial charge on any atom is 0.0940 e. The van der Waals surface area contributed by atoms with Crippen LogP contribution >= 0.6 is 0 Å². The number of hydrogen-bond donors (Lipinski definition) is 1. The highest BCUT2D eigenvalue weighted by atomic mass is 19.2. The van der Waals surface area contributed by atoms with E-state index in [1.54, 1.807) is 6.20 Å². The highest BCUT2D eigenvalue weighted by Gasteiger charge is 2.09. The molecule has 0 unspecified atom stereocenters. The van der Waals surface area contributed by atoms with Crippen LogP contribution in [0.3, 0.4) is 0 Å². The number of fused-ring (bicyclic) bond motifs is 1. The van der Waals surface area contributed by atoms with Gasteiger partial charge < -0.3 is 4.98 Å². The van der Waals surface area contributed by atoms with Gasteiger partial charge in [0.25, 0.3) is 0 Å². The largest absolute Gasteiger partial charge is 0.359 e. The average molecular weight is 206 g/mol. The lowest BCUT2D eigenvalue weighted by atomic mass is 10.2. The molecule has 2 nitrogen and oxygen atoms in total. The van der Waals surface area contributed by atoms with Gasteiger partial charge in [0.05, 0.1) is 12.2 Å². The molecule has 0 atom stereocenters. The molecule has 2 rings (SSSR count). The second-order valence-corrected chi connectivity index (χ2v) is 3.66. The van der Waals surface area contributed by atoms with Crippen molar-refractivity contribution in [3.05, 3.63) is 30.5 Å². The van der Waals surface area contributed by atoms with E-state index in [1.807, 2.05) is 24.3 Å². The summed E-state index contributed by atoms with van der Waals surface area (Å²) in [5.74, 6) is 0. The van der Waals surface area contributed by atoms with Crippen LogP contribution in [0.25, 0.3) is 10.9 Å². The molecule has 1 aromatic heterocycles. The van der Waals surface area contributed by atoms with Gasteiger partial charge in [0.2, 0.25) is 0 Å². The van der Waals surface area contributed by atoms with Crippen LogP contribution in [-0.4, -0.2) is 11.5 Å². The van der Waals surface area contributed by atoms with Gasteiger partial charge in [-0.25, -0.2) is 5.12 Å². The number of aromatic nitrogens is 1. The maximum absolute atomic E-state index is 13.7. The van der Waals surface area contributed by atoms with E-state index in [2.05, 4.69) is 11.9 Å². The molecule has 0 bridgehead atoms. The number of benzene rings is 1. The number of halogens is 1. The highest BCUT2D eigenvalue weighted by molar-refractivity contribution is 5.92. The number of unbranched alkanes of at least 4 members (excludes halogenated alkanes) is 1. The summed E-state index contributed by atoms with van der Waals surface area (Å²) in [5, 5.41) is 1.76. The second-order valence-electron chi connectivity index (χ2n) is 3.66. The van der Waals surface area contributed by atoms with Gasteiger partial charge >= 0.3 is 0 Å². The number of para-hydroxylation sites is 1. The maximum atomic E-state index is 13.7. The zero-order chi connectivity index (χ0) is 10.7. The van der Waals surface area contributed by atoms with E-state index in [0.717, 1.165) is 28.9 Å².